The summed E-state index contributed by atoms with van der Waals surface area (Å²) in [5.74, 6) is 2.61. The molecule has 0 aromatic heterocycles. The Morgan fingerprint density at radius 1 is 1.11 bits per heavy atom. The Bertz CT molecular complexity index is 657. The van der Waals surface area contributed by atoms with Crippen molar-refractivity contribution in [3.05, 3.63) is 30.3 Å². The van der Waals surface area contributed by atoms with E-state index in [0.29, 0.717) is 12.5 Å². The van der Waals surface area contributed by atoms with Gasteiger partial charge in [0.05, 0.1) is 6.04 Å². The van der Waals surface area contributed by atoms with Crippen LogP contribution in [0.5, 0.6) is 0 Å². The largest absolute Gasteiger partial charge is 0.340 e. The summed E-state index contributed by atoms with van der Waals surface area (Å²) in [5.41, 5.74) is 0.983. The maximum absolute atomic E-state index is 12.9. The van der Waals surface area contributed by atoms with Gasteiger partial charge >= 0.3 is 0 Å². The summed E-state index contributed by atoms with van der Waals surface area (Å²) in [5, 5.41) is 3.44. The number of rotatable bonds is 4. The van der Waals surface area contributed by atoms with Crippen molar-refractivity contribution in [2.24, 2.45) is 0 Å². The van der Waals surface area contributed by atoms with Crippen molar-refractivity contribution >= 4 is 29.3 Å². The highest BCUT2D eigenvalue weighted by atomic mass is 32.2. The van der Waals surface area contributed by atoms with Gasteiger partial charge in [-0.3, -0.25) is 14.5 Å². The first-order valence-corrected chi connectivity index (χ1v) is 11.1. The third kappa shape index (κ3) is 4.31. The molecule has 3 heterocycles. The average molecular weight is 389 g/mol. The minimum atomic E-state index is -0.0427. The number of amides is 2. The van der Waals surface area contributed by atoms with Crippen molar-refractivity contribution in [1.82, 2.24) is 15.1 Å². The first kappa shape index (κ1) is 18.8. The van der Waals surface area contributed by atoms with Crippen LogP contribution < -0.4 is 10.2 Å². The summed E-state index contributed by atoms with van der Waals surface area (Å²) in [7, 11) is 0. The number of anilines is 1. The Hall–Kier alpha value is -1.57. The molecule has 0 spiro atoms. The molecular formula is C20H28N4O2S. The van der Waals surface area contributed by atoms with E-state index in [0.717, 1.165) is 62.9 Å². The van der Waals surface area contributed by atoms with Crippen molar-refractivity contribution in [2.45, 2.75) is 24.9 Å². The molecule has 146 valence electrons. The van der Waals surface area contributed by atoms with Crippen LogP contribution in [0.3, 0.4) is 0 Å². The standard InChI is InChI=1S/C20H28N4O2S/c25-19(14-16-15-27-13-7-21-16)23-11-9-22(10-12-23)18-6-8-24(20(18)26)17-4-2-1-3-5-17/h1-5,16,18,21H,6-15H2. The molecule has 0 radical (unpaired) electrons. The molecule has 3 aliphatic rings. The van der Waals surface area contributed by atoms with Gasteiger partial charge in [0.25, 0.3) is 0 Å². The van der Waals surface area contributed by atoms with Gasteiger partial charge in [0.2, 0.25) is 11.8 Å². The quantitative estimate of drug-likeness (QED) is 0.835. The van der Waals surface area contributed by atoms with Gasteiger partial charge in [-0.05, 0) is 18.6 Å². The van der Waals surface area contributed by atoms with Gasteiger partial charge in [0, 0.05) is 68.9 Å². The normalized spacial score (nSPS) is 27.2. The van der Waals surface area contributed by atoms with Crippen LogP contribution in [0.4, 0.5) is 5.69 Å². The third-order valence-electron chi connectivity index (χ3n) is 5.77. The summed E-state index contributed by atoms with van der Waals surface area (Å²) in [4.78, 5) is 31.6. The number of nitrogens with one attached hydrogen (secondary N) is 1. The zero-order chi connectivity index (χ0) is 18.6. The second-order valence-electron chi connectivity index (χ2n) is 7.48. The van der Waals surface area contributed by atoms with E-state index in [1.165, 1.54) is 0 Å². The van der Waals surface area contributed by atoms with Crippen LogP contribution >= 0.6 is 11.8 Å². The molecule has 0 saturated carbocycles. The van der Waals surface area contributed by atoms with Crippen LogP contribution in [0, 0.1) is 0 Å². The first-order chi connectivity index (χ1) is 13.2. The molecule has 27 heavy (non-hydrogen) atoms. The van der Waals surface area contributed by atoms with E-state index in [-0.39, 0.29) is 17.9 Å². The van der Waals surface area contributed by atoms with Crippen LogP contribution in [0.15, 0.2) is 30.3 Å². The van der Waals surface area contributed by atoms with Crippen LogP contribution in [0.2, 0.25) is 0 Å². The smallest absolute Gasteiger partial charge is 0.244 e. The van der Waals surface area contributed by atoms with Crippen molar-refractivity contribution in [3.8, 4) is 0 Å². The Morgan fingerprint density at radius 3 is 2.59 bits per heavy atom. The van der Waals surface area contributed by atoms with E-state index < -0.39 is 0 Å². The van der Waals surface area contributed by atoms with Crippen LogP contribution in [0.25, 0.3) is 0 Å². The maximum atomic E-state index is 12.9. The summed E-state index contributed by atoms with van der Waals surface area (Å²) >= 11 is 1.92. The topological polar surface area (TPSA) is 55.9 Å². The Kier molecular flexibility index (Phi) is 6.00. The molecule has 1 N–H and O–H groups in total. The SMILES string of the molecule is O=C(CC1CSCCN1)N1CCN(C2CCN(c3ccccc3)C2=O)CC1. The number of carbonyl (C=O) groups is 2. The fourth-order valence-electron chi connectivity index (χ4n) is 4.24. The molecule has 1 aromatic carbocycles. The van der Waals surface area contributed by atoms with Gasteiger partial charge in [-0.25, -0.2) is 0 Å². The van der Waals surface area contributed by atoms with E-state index in [4.69, 9.17) is 0 Å². The lowest BCUT2D eigenvalue weighted by atomic mass is 10.1. The fraction of sp³-hybridized carbons (Fsp3) is 0.600. The summed E-state index contributed by atoms with van der Waals surface area (Å²) in [6.45, 7) is 4.81. The molecule has 0 bridgehead atoms. The van der Waals surface area contributed by atoms with Crippen molar-refractivity contribution < 1.29 is 9.59 Å². The fourth-order valence-corrected chi connectivity index (χ4v) is 5.19. The highest BCUT2D eigenvalue weighted by molar-refractivity contribution is 7.99. The predicted octanol–water partition coefficient (Wildman–Crippen LogP) is 1.03. The molecule has 2 atom stereocenters. The Labute approximate surface area is 165 Å². The van der Waals surface area contributed by atoms with Gasteiger partial charge in [0.1, 0.15) is 0 Å². The predicted molar refractivity (Wildman–Crippen MR) is 109 cm³/mol. The van der Waals surface area contributed by atoms with E-state index in [2.05, 4.69) is 10.2 Å². The van der Waals surface area contributed by atoms with Crippen LogP contribution in [-0.2, 0) is 9.59 Å². The van der Waals surface area contributed by atoms with Crippen molar-refractivity contribution in [1.29, 1.82) is 0 Å². The number of para-hydroxylation sites is 1. The minimum Gasteiger partial charge on any atom is -0.340 e. The molecule has 3 fully saturated rings. The second-order valence-corrected chi connectivity index (χ2v) is 8.63. The minimum absolute atomic E-state index is 0.0427. The molecule has 4 rings (SSSR count). The number of carbonyl (C=O) groups excluding carboxylic acids is 2. The summed E-state index contributed by atoms with van der Waals surface area (Å²) in [6.07, 6.45) is 1.46. The number of thioether (sulfide) groups is 1. The number of benzene rings is 1. The molecule has 0 aliphatic carbocycles. The van der Waals surface area contributed by atoms with E-state index in [1.807, 2.05) is 51.9 Å². The van der Waals surface area contributed by atoms with Crippen LogP contribution in [-0.4, -0.2) is 84.5 Å². The Balaban J connectivity index is 1.28. The first-order valence-electron chi connectivity index (χ1n) is 9.92. The van der Waals surface area contributed by atoms with E-state index in [1.54, 1.807) is 0 Å². The summed E-state index contributed by atoms with van der Waals surface area (Å²) < 4.78 is 0. The number of nitrogens with zero attached hydrogens (tertiary/aromatic N) is 3. The monoisotopic (exact) mass is 388 g/mol. The molecule has 6 nitrogen and oxygen atoms in total. The third-order valence-corrected chi connectivity index (χ3v) is 6.90. The molecule has 7 heteroatoms. The lowest BCUT2D eigenvalue weighted by Gasteiger charge is -2.38. The number of piperazine rings is 1. The highest BCUT2D eigenvalue weighted by Crippen LogP contribution is 2.25. The molecule has 2 amide bonds. The van der Waals surface area contributed by atoms with Crippen molar-refractivity contribution in [2.75, 3.05) is 55.7 Å². The molecule has 3 saturated heterocycles. The zero-order valence-electron chi connectivity index (χ0n) is 15.7. The zero-order valence-corrected chi connectivity index (χ0v) is 16.5. The van der Waals surface area contributed by atoms with Gasteiger partial charge < -0.3 is 15.1 Å². The van der Waals surface area contributed by atoms with Crippen LogP contribution in [0.1, 0.15) is 12.8 Å². The summed E-state index contributed by atoms with van der Waals surface area (Å²) in [6, 6.07) is 10.2. The molecule has 2 unspecified atom stereocenters. The van der Waals surface area contributed by atoms with Gasteiger partial charge in [-0.1, -0.05) is 18.2 Å². The maximum Gasteiger partial charge on any atom is 0.244 e. The van der Waals surface area contributed by atoms with E-state index in [9.17, 15) is 9.59 Å². The van der Waals surface area contributed by atoms with Gasteiger partial charge in [-0.15, -0.1) is 0 Å². The average Bonchev–Trinajstić information content (AvgIpc) is 3.11. The van der Waals surface area contributed by atoms with E-state index >= 15 is 0 Å². The lowest BCUT2D eigenvalue weighted by Crippen LogP contribution is -2.54. The van der Waals surface area contributed by atoms with Crippen molar-refractivity contribution in [3.63, 3.8) is 0 Å². The number of hydrogen-bond donors (Lipinski definition) is 1. The highest BCUT2D eigenvalue weighted by Gasteiger charge is 2.38. The lowest BCUT2D eigenvalue weighted by molar-refractivity contribution is -0.134. The van der Waals surface area contributed by atoms with Gasteiger partial charge in [-0.2, -0.15) is 11.8 Å². The Morgan fingerprint density at radius 2 is 1.89 bits per heavy atom. The molecule has 3 aliphatic heterocycles. The number of hydrogen-bond acceptors (Lipinski definition) is 5. The van der Waals surface area contributed by atoms with Gasteiger partial charge in [0.15, 0.2) is 0 Å². The molecular weight excluding hydrogens is 360 g/mol. The second kappa shape index (κ2) is 8.63. The molecule has 1 aromatic rings.